The maximum absolute atomic E-state index is 5.37. The smallest absolute Gasteiger partial charge is 0.315 e. The Kier molecular flexibility index (Phi) is 3.88. The van der Waals surface area contributed by atoms with Gasteiger partial charge in [-0.1, -0.05) is 18.9 Å². The predicted octanol–water partition coefficient (Wildman–Crippen LogP) is 1.64. The summed E-state index contributed by atoms with van der Waals surface area (Å²) >= 11 is 0. The Labute approximate surface area is 83.9 Å². The molecule has 1 unspecified atom stereocenters. The van der Waals surface area contributed by atoms with Gasteiger partial charge in [-0.15, -0.1) is 5.10 Å². The zero-order valence-electron chi connectivity index (χ0n) is 9.07. The Balaban J connectivity index is 2.51. The normalized spacial score (nSPS) is 13.2. The molecular formula is C9H17N3O2. The molecule has 1 aromatic heterocycles. The number of hydrogen-bond acceptors (Lipinski definition) is 5. The summed E-state index contributed by atoms with van der Waals surface area (Å²) in [6, 6.07) is 0.624. The van der Waals surface area contributed by atoms with Crippen molar-refractivity contribution in [2.24, 2.45) is 0 Å². The van der Waals surface area contributed by atoms with Crippen molar-refractivity contribution in [2.75, 3.05) is 19.0 Å². The number of anilines is 1. The predicted molar refractivity (Wildman–Crippen MR) is 53.3 cm³/mol. The topological polar surface area (TPSA) is 60.2 Å². The molecule has 1 heterocycles. The number of aromatic nitrogens is 2. The minimum Gasteiger partial charge on any atom is -0.408 e. The van der Waals surface area contributed by atoms with E-state index in [0.29, 0.717) is 18.5 Å². The first-order valence-corrected chi connectivity index (χ1v) is 4.72. The van der Waals surface area contributed by atoms with Crippen molar-refractivity contribution < 1.29 is 9.15 Å². The van der Waals surface area contributed by atoms with Crippen molar-refractivity contribution in [3.63, 3.8) is 0 Å². The lowest BCUT2D eigenvalue weighted by Gasteiger charge is -2.09. The maximum Gasteiger partial charge on any atom is 0.315 e. The molecule has 0 bridgehead atoms. The molecule has 80 valence electrons. The molecule has 14 heavy (non-hydrogen) atoms. The fourth-order valence-electron chi connectivity index (χ4n) is 1.03. The SMILES string of the molecule is COCC(C)Nc1nnc(C(C)C)o1. The number of nitrogens with zero attached hydrogens (tertiary/aromatic N) is 2. The number of methoxy groups -OCH3 is 1. The first-order chi connectivity index (χ1) is 6.63. The quantitative estimate of drug-likeness (QED) is 0.781. The van der Waals surface area contributed by atoms with Gasteiger partial charge in [-0.05, 0) is 6.92 Å². The number of ether oxygens (including phenoxy) is 1. The number of rotatable bonds is 5. The summed E-state index contributed by atoms with van der Waals surface area (Å²) in [5.74, 6) is 0.910. The molecule has 5 heteroatoms. The molecule has 0 radical (unpaired) electrons. The van der Waals surface area contributed by atoms with E-state index in [-0.39, 0.29) is 12.0 Å². The maximum atomic E-state index is 5.37. The Morgan fingerprint density at radius 1 is 1.36 bits per heavy atom. The minimum absolute atomic E-state index is 0.167. The molecule has 0 aromatic carbocycles. The van der Waals surface area contributed by atoms with Crippen LogP contribution >= 0.6 is 0 Å². The average Bonchev–Trinajstić information content (AvgIpc) is 2.53. The van der Waals surface area contributed by atoms with Crippen molar-refractivity contribution >= 4 is 6.01 Å². The Morgan fingerprint density at radius 3 is 2.57 bits per heavy atom. The fraction of sp³-hybridized carbons (Fsp3) is 0.778. The second kappa shape index (κ2) is 4.95. The van der Waals surface area contributed by atoms with Gasteiger partial charge in [0, 0.05) is 13.0 Å². The van der Waals surface area contributed by atoms with Crippen LogP contribution in [0.3, 0.4) is 0 Å². The Bertz CT molecular complexity index is 273. The molecule has 0 aliphatic carbocycles. The van der Waals surface area contributed by atoms with E-state index in [9.17, 15) is 0 Å². The summed E-state index contributed by atoms with van der Waals surface area (Å²) in [5, 5.41) is 10.8. The lowest BCUT2D eigenvalue weighted by atomic mass is 10.2. The molecular weight excluding hydrogens is 182 g/mol. The van der Waals surface area contributed by atoms with Crippen molar-refractivity contribution in [3.05, 3.63) is 5.89 Å². The van der Waals surface area contributed by atoms with Crippen LogP contribution in [0.1, 0.15) is 32.6 Å². The van der Waals surface area contributed by atoms with Crippen LogP contribution in [0.4, 0.5) is 6.01 Å². The van der Waals surface area contributed by atoms with Gasteiger partial charge in [0.15, 0.2) is 0 Å². The monoisotopic (exact) mass is 199 g/mol. The highest BCUT2D eigenvalue weighted by Gasteiger charge is 2.10. The third kappa shape index (κ3) is 2.99. The summed E-state index contributed by atoms with van der Waals surface area (Å²) in [4.78, 5) is 0. The first kappa shape index (κ1) is 11.0. The molecule has 1 N–H and O–H groups in total. The van der Waals surface area contributed by atoms with Gasteiger partial charge in [0.2, 0.25) is 5.89 Å². The van der Waals surface area contributed by atoms with Crippen LogP contribution in [-0.4, -0.2) is 30.0 Å². The van der Waals surface area contributed by atoms with Gasteiger partial charge < -0.3 is 14.5 Å². The molecule has 0 aliphatic heterocycles. The van der Waals surface area contributed by atoms with E-state index in [2.05, 4.69) is 15.5 Å². The number of nitrogens with one attached hydrogen (secondary N) is 1. The van der Waals surface area contributed by atoms with E-state index < -0.39 is 0 Å². The molecule has 0 saturated carbocycles. The second-order valence-corrected chi connectivity index (χ2v) is 3.60. The van der Waals surface area contributed by atoms with Gasteiger partial charge in [0.25, 0.3) is 0 Å². The van der Waals surface area contributed by atoms with E-state index >= 15 is 0 Å². The van der Waals surface area contributed by atoms with Gasteiger partial charge in [0.1, 0.15) is 0 Å². The summed E-state index contributed by atoms with van der Waals surface area (Å²) in [6.45, 7) is 6.62. The van der Waals surface area contributed by atoms with Crippen LogP contribution < -0.4 is 5.32 Å². The molecule has 1 aromatic rings. The van der Waals surface area contributed by atoms with Crippen LogP contribution in [0, 0.1) is 0 Å². The van der Waals surface area contributed by atoms with Crippen molar-refractivity contribution in [2.45, 2.75) is 32.7 Å². The highest BCUT2D eigenvalue weighted by molar-refractivity contribution is 5.19. The van der Waals surface area contributed by atoms with Crippen LogP contribution in [-0.2, 0) is 4.74 Å². The molecule has 5 nitrogen and oxygen atoms in total. The first-order valence-electron chi connectivity index (χ1n) is 4.72. The summed E-state index contributed by atoms with van der Waals surface area (Å²) in [7, 11) is 1.66. The molecule has 0 saturated heterocycles. The second-order valence-electron chi connectivity index (χ2n) is 3.60. The van der Waals surface area contributed by atoms with Crippen molar-refractivity contribution in [1.29, 1.82) is 0 Å². The van der Waals surface area contributed by atoms with E-state index in [0.717, 1.165) is 0 Å². The zero-order valence-corrected chi connectivity index (χ0v) is 9.07. The van der Waals surface area contributed by atoms with Crippen LogP contribution in [0.2, 0.25) is 0 Å². The Morgan fingerprint density at radius 2 is 2.07 bits per heavy atom. The van der Waals surface area contributed by atoms with Gasteiger partial charge in [0.05, 0.1) is 12.6 Å². The van der Waals surface area contributed by atoms with E-state index in [1.807, 2.05) is 20.8 Å². The number of hydrogen-bond donors (Lipinski definition) is 1. The highest BCUT2D eigenvalue weighted by Crippen LogP contribution is 2.15. The molecule has 1 atom stereocenters. The summed E-state index contributed by atoms with van der Waals surface area (Å²) in [5.41, 5.74) is 0. The van der Waals surface area contributed by atoms with Gasteiger partial charge in [-0.2, -0.15) is 0 Å². The Hall–Kier alpha value is -1.10. The molecule has 0 spiro atoms. The molecule has 0 aliphatic rings. The van der Waals surface area contributed by atoms with Crippen LogP contribution in [0.25, 0.3) is 0 Å². The van der Waals surface area contributed by atoms with Crippen molar-refractivity contribution in [3.8, 4) is 0 Å². The summed E-state index contributed by atoms with van der Waals surface area (Å²) in [6.07, 6.45) is 0. The van der Waals surface area contributed by atoms with Gasteiger partial charge in [-0.3, -0.25) is 0 Å². The van der Waals surface area contributed by atoms with Crippen LogP contribution in [0.15, 0.2) is 4.42 Å². The van der Waals surface area contributed by atoms with Gasteiger partial charge >= 0.3 is 6.01 Å². The third-order valence-electron chi connectivity index (χ3n) is 1.72. The standard InChI is InChI=1S/C9H17N3O2/c1-6(2)8-11-12-9(14-8)10-7(3)5-13-4/h6-7H,5H2,1-4H3,(H,10,12). The zero-order chi connectivity index (χ0) is 10.6. The van der Waals surface area contributed by atoms with Gasteiger partial charge in [-0.25, -0.2) is 0 Å². The fourth-order valence-corrected chi connectivity index (χ4v) is 1.03. The lowest BCUT2D eigenvalue weighted by Crippen LogP contribution is -2.20. The average molecular weight is 199 g/mol. The molecule has 1 rings (SSSR count). The van der Waals surface area contributed by atoms with E-state index in [1.165, 1.54) is 0 Å². The van der Waals surface area contributed by atoms with Crippen molar-refractivity contribution in [1.82, 2.24) is 10.2 Å². The minimum atomic E-state index is 0.167. The molecule has 0 amide bonds. The summed E-state index contributed by atoms with van der Waals surface area (Å²) < 4.78 is 10.4. The lowest BCUT2D eigenvalue weighted by molar-refractivity contribution is 0.189. The largest absolute Gasteiger partial charge is 0.408 e. The van der Waals surface area contributed by atoms with E-state index in [4.69, 9.17) is 9.15 Å². The van der Waals surface area contributed by atoms with E-state index in [1.54, 1.807) is 7.11 Å². The highest BCUT2D eigenvalue weighted by atomic mass is 16.5. The third-order valence-corrected chi connectivity index (χ3v) is 1.72. The van der Waals surface area contributed by atoms with Crippen LogP contribution in [0.5, 0.6) is 0 Å². The molecule has 0 fully saturated rings.